The SMILES string of the molecule is CC(C)CC(C)Nc1nnc(N)o1. The Morgan fingerprint density at radius 2 is 2.08 bits per heavy atom. The van der Waals surface area contributed by atoms with E-state index in [1.807, 2.05) is 0 Å². The smallest absolute Gasteiger partial charge is 0.317 e. The number of rotatable bonds is 4. The van der Waals surface area contributed by atoms with E-state index in [1.165, 1.54) is 0 Å². The summed E-state index contributed by atoms with van der Waals surface area (Å²) in [6.07, 6.45) is 1.06. The molecule has 1 rings (SSSR count). The number of nitrogen functional groups attached to an aromatic ring is 1. The number of anilines is 2. The van der Waals surface area contributed by atoms with Gasteiger partial charge in [0, 0.05) is 6.04 Å². The van der Waals surface area contributed by atoms with E-state index in [0.29, 0.717) is 18.0 Å². The molecule has 1 atom stereocenters. The van der Waals surface area contributed by atoms with Crippen LogP contribution in [0.4, 0.5) is 12.0 Å². The van der Waals surface area contributed by atoms with Crippen LogP contribution in [0.15, 0.2) is 4.42 Å². The van der Waals surface area contributed by atoms with Crippen LogP contribution >= 0.6 is 0 Å². The zero-order valence-electron chi connectivity index (χ0n) is 8.24. The fraction of sp³-hybridized carbons (Fsp3) is 0.750. The second-order valence-electron chi connectivity index (χ2n) is 3.62. The topological polar surface area (TPSA) is 77.0 Å². The summed E-state index contributed by atoms with van der Waals surface area (Å²) in [4.78, 5) is 0. The molecular weight excluding hydrogens is 168 g/mol. The summed E-state index contributed by atoms with van der Waals surface area (Å²) in [5.41, 5.74) is 5.28. The Morgan fingerprint density at radius 1 is 1.38 bits per heavy atom. The van der Waals surface area contributed by atoms with Crippen LogP contribution in [-0.4, -0.2) is 16.2 Å². The van der Waals surface area contributed by atoms with Gasteiger partial charge in [-0.2, -0.15) is 0 Å². The highest BCUT2D eigenvalue weighted by molar-refractivity contribution is 5.23. The molecule has 0 saturated heterocycles. The van der Waals surface area contributed by atoms with E-state index >= 15 is 0 Å². The molecule has 0 aliphatic heterocycles. The number of aromatic nitrogens is 2. The minimum Gasteiger partial charge on any atom is -0.390 e. The molecule has 0 bridgehead atoms. The first kappa shape index (κ1) is 9.83. The molecule has 0 aromatic carbocycles. The van der Waals surface area contributed by atoms with E-state index in [9.17, 15) is 0 Å². The summed E-state index contributed by atoms with van der Waals surface area (Å²) in [5, 5.41) is 10.3. The summed E-state index contributed by atoms with van der Waals surface area (Å²) in [6.45, 7) is 6.40. The van der Waals surface area contributed by atoms with E-state index in [0.717, 1.165) is 6.42 Å². The zero-order chi connectivity index (χ0) is 9.84. The Balaban J connectivity index is 2.40. The monoisotopic (exact) mass is 184 g/mol. The van der Waals surface area contributed by atoms with Gasteiger partial charge in [0.05, 0.1) is 0 Å². The van der Waals surface area contributed by atoms with Crippen LogP contribution in [0.5, 0.6) is 0 Å². The fourth-order valence-corrected chi connectivity index (χ4v) is 1.27. The van der Waals surface area contributed by atoms with Gasteiger partial charge < -0.3 is 15.5 Å². The van der Waals surface area contributed by atoms with Crippen LogP contribution < -0.4 is 11.1 Å². The maximum absolute atomic E-state index is 5.28. The molecule has 0 saturated carbocycles. The minimum absolute atomic E-state index is 0.0965. The van der Waals surface area contributed by atoms with Crippen LogP contribution in [0, 0.1) is 5.92 Å². The Labute approximate surface area is 77.7 Å². The van der Waals surface area contributed by atoms with Gasteiger partial charge in [-0.1, -0.05) is 24.0 Å². The molecule has 3 N–H and O–H groups in total. The summed E-state index contributed by atoms with van der Waals surface area (Å²) in [7, 11) is 0. The number of nitrogens with zero attached hydrogens (tertiary/aromatic N) is 2. The van der Waals surface area contributed by atoms with Crippen LogP contribution in [0.1, 0.15) is 27.2 Å². The van der Waals surface area contributed by atoms with Crippen LogP contribution in [-0.2, 0) is 0 Å². The first-order chi connectivity index (χ1) is 6.08. The average Bonchev–Trinajstić information content (AvgIpc) is 2.33. The summed E-state index contributed by atoms with van der Waals surface area (Å²) >= 11 is 0. The predicted molar refractivity (Wildman–Crippen MR) is 51.3 cm³/mol. The van der Waals surface area contributed by atoms with Crippen molar-refractivity contribution in [3.8, 4) is 0 Å². The van der Waals surface area contributed by atoms with E-state index < -0.39 is 0 Å². The lowest BCUT2D eigenvalue weighted by Gasteiger charge is -2.13. The second-order valence-corrected chi connectivity index (χ2v) is 3.62. The number of hydrogen-bond donors (Lipinski definition) is 2. The van der Waals surface area contributed by atoms with E-state index in [-0.39, 0.29) is 6.01 Å². The second kappa shape index (κ2) is 4.11. The predicted octanol–water partition coefficient (Wildman–Crippen LogP) is 1.50. The van der Waals surface area contributed by atoms with Crippen molar-refractivity contribution in [1.82, 2.24) is 10.2 Å². The van der Waals surface area contributed by atoms with E-state index in [2.05, 4.69) is 36.3 Å². The molecule has 1 aromatic rings. The highest BCUT2D eigenvalue weighted by atomic mass is 16.4. The molecule has 74 valence electrons. The van der Waals surface area contributed by atoms with Gasteiger partial charge in [-0.15, -0.1) is 0 Å². The highest BCUT2D eigenvalue weighted by Crippen LogP contribution is 2.11. The molecular formula is C8H16N4O. The van der Waals surface area contributed by atoms with Gasteiger partial charge in [-0.3, -0.25) is 0 Å². The van der Waals surface area contributed by atoms with Gasteiger partial charge in [0.2, 0.25) is 0 Å². The van der Waals surface area contributed by atoms with Gasteiger partial charge in [-0.25, -0.2) is 0 Å². The highest BCUT2D eigenvalue weighted by Gasteiger charge is 2.08. The molecule has 0 fully saturated rings. The summed E-state index contributed by atoms with van der Waals surface area (Å²) < 4.78 is 4.98. The summed E-state index contributed by atoms with van der Waals surface area (Å²) in [5.74, 6) is 0.641. The van der Waals surface area contributed by atoms with E-state index in [1.54, 1.807) is 0 Å². The fourth-order valence-electron chi connectivity index (χ4n) is 1.27. The minimum atomic E-state index is 0.0965. The average molecular weight is 184 g/mol. The van der Waals surface area contributed by atoms with Crippen molar-refractivity contribution in [2.45, 2.75) is 33.2 Å². The molecule has 13 heavy (non-hydrogen) atoms. The van der Waals surface area contributed by atoms with Crippen LogP contribution in [0.25, 0.3) is 0 Å². The molecule has 5 heteroatoms. The van der Waals surface area contributed by atoms with Gasteiger partial charge in [-0.05, 0) is 19.3 Å². The first-order valence-electron chi connectivity index (χ1n) is 4.43. The molecule has 1 aromatic heterocycles. The Morgan fingerprint density at radius 3 is 2.54 bits per heavy atom. The standard InChI is InChI=1S/C8H16N4O/c1-5(2)4-6(3)10-8-12-11-7(9)13-8/h5-6H,4H2,1-3H3,(H2,9,11)(H,10,12). The normalized spacial score (nSPS) is 13.2. The van der Waals surface area contributed by atoms with Crippen molar-refractivity contribution >= 4 is 12.0 Å². The molecule has 0 amide bonds. The zero-order valence-corrected chi connectivity index (χ0v) is 8.24. The third-order valence-corrected chi connectivity index (χ3v) is 1.64. The number of hydrogen-bond acceptors (Lipinski definition) is 5. The Hall–Kier alpha value is -1.26. The number of nitrogens with two attached hydrogens (primary N) is 1. The lowest BCUT2D eigenvalue weighted by atomic mass is 10.1. The van der Waals surface area contributed by atoms with E-state index in [4.69, 9.17) is 10.2 Å². The third-order valence-electron chi connectivity index (χ3n) is 1.64. The van der Waals surface area contributed by atoms with Gasteiger partial charge >= 0.3 is 12.0 Å². The molecule has 0 radical (unpaired) electrons. The summed E-state index contributed by atoms with van der Waals surface area (Å²) in [6, 6.07) is 0.810. The number of nitrogens with one attached hydrogen (secondary N) is 1. The van der Waals surface area contributed by atoms with Crippen molar-refractivity contribution in [3.63, 3.8) is 0 Å². The maximum Gasteiger partial charge on any atom is 0.317 e. The van der Waals surface area contributed by atoms with Gasteiger partial charge in [0.15, 0.2) is 0 Å². The van der Waals surface area contributed by atoms with Crippen molar-refractivity contribution < 1.29 is 4.42 Å². The Kier molecular flexibility index (Phi) is 3.11. The Bertz CT molecular complexity index is 258. The van der Waals surface area contributed by atoms with Gasteiger partial charge in [0.1, 0.15) is 0 Å². The van der Waals surface area contributed by atoms with Crippen molar-refractivity contribution in [2.75, 3.05) is 11.1 Å². The lowest BCUT2D eigenvalue weighted by Crippen LogP contribution is -2.17. The van der Waals surface area contributed by atoms with Gasteiger partial charge in [0.25, 0.3) is 0 Å². The quantitative estimate of drug-likeness (QED) is 0.741. The molecule has 0 aliphatic carbocycles. The van der Waals surface area contributed by atoms with Crippen LogP contribution in [0.3, 0.4) is 0 Å². The largest absolute Gasteiger partial charge is 0.390 e. The van der Waals surface area contributed by atoms with Crippen molar-refractivity contribution in [1.29, 1.82) is 0 Å². The van der Waals surface area contributed by atoms with Crippen molar-refractivity contribution in [3.05, 3.63) is 0 Å². The first-order valence-corrected chi connectivity index (χ1v) is 4.43. The maximum atomic E-state index is 5.28. The molecule has 0 aliphatic rings. The lowest BCUT2D eigenvalue weighted by molar-refractivity contribution is 0.516. The molecule has 0 spiro atoms. The molecule has 1 heterocycles. The molecule has 1 unspecified atom stereocenters. The van der Waals surface area contributed by atoms with Crippen LogP contribution in [0.2, 0.25) is 0 Å². The third kappa shape index (κ3) is 3.31. The molecule has 5 nitrogen and oxygen atoms in total. The van der Waals surface area contributed by atoms with Crippen molar-refractivity contribution in [2.24, 2.45) is 5.92 Å².